The summed E-state index contributed by atoms with van der Waals surface area (Å²) in [5, 5.41) is 5.19. The number of hydrogen-bond donors (Lipinski definition) is 1. The first kappa shape index (κ1) is 19.9. The number of nitrogens with one attached hydrogen (secondary N) is 1. The van der Waals surface area contributed by atoms with Crippen LogP contribution in [0.5, 0.6) is 5.75 Å². The van der Waals surface area contributed by atoms with Crippen molar-refractivity contribution < 1.29 is 14.3 Å². The minimum absolute atomic E-state index is 0.0644. The Hall–Kier alpha value is -2.85. The number of carbonyl (C=O) groups is 2. The zero-order chi connectivity index (χ0) is 20.3. The zero-order valence-electron chi connectivity index (χ0n) is 16.0. The molecule has 4 nitrogen and oxygen atoms in total. The van der Waals surface area contributed by atoms with Gasteiger partial charge in [-0.25, -0.2) is 0 Å². The molecule has 5 heteroatoms. The van der Waals surface area contributed by atoms with Gasteiger partial charge in [-0.3, -0.25) is 9.59 Å². The topological polar surface area (TPSA) is 55.4 Å². The molecule has 0 spiro atoms. The summed E-state index contributed by atoms with van der Waals surface area (Å²) in [5.41, 5.74) is 1.18. The molecule has 0 saturated heterocycles. The number of ether oxygens (including phenoxy) is 1. The van der Waals surface area contributed by atoms with Crippen molar-refractivity contribution in [2.24, 2.45) is 5.92 Å². The van der Waals surface area contributed by atoms with Crippen molar-refractivity contribution in [2.45, 2.75) is 26.9 Å². The highest BCUT2D eigenvalue weighted by Crippen LogP contribution is 2.32. The maximum absolute atomic E-state index is 12.8. The molecule has 0 aliphatic heterocycles. The van der Waals surface area contributed by atoms with E-state index in [1.165, 1.54) is 0 Å². The van der Waals surface area contributed by atoms with E-state index < -0.39 is 6.10 Å². The molecule has 0 radical (unpaired) electrons. The lowest BCUT2D eigenvalue weighted by molar-refractivity contribution is -0.118. The van der Waals surface area contributed by atoms with Crippen LogP contribution in [0.2, 0.25) is 5.02 Å². The number of fused-ring (bicyclic) bond motifs is 1. The lowest BCUT2D eigenvalue weighted by Crippen LogP contribution is -2.24. The van der Waals surface area contributed by atoms with Crippen molar-refractivity contribution in [3.8, 4) is 5.75 Å². The quantitative estimate of drug-likeness (QED) is 0.541. The minimum Gasteiger partial charge on any atom is -0.482 e. The Morgan fingerprint density at radius 1 is 0.893 bits per heavy atom. The fraction of sp³-hybridized carbons (Fsp3) is 0.217. The molecule has 0 saturated carbocycles. The molecular weight excluding hydrogens is 374 g/mol. The van der Waals surface area contributed by atoms with E-state index in [1.54, 1.807) is 43.3 Å². The summed E-state index contributed by atoms with van der Waals surface area (Å²) >= 11 is 6.24. The smallest absolute Gasteiger partial charge is 0.226 e. The number of amides is 1. The maximum atomic E-state index is 12.8. The summed E-state index contributed by atoms with van der Waals surface area (Å²) < 4.78 is 5.95. The van der Waals surface area contributed by atoms with Crippen molar-refractivity contribution in [1.82, 2.24) is 0 Å². The number of rotatable bonds is 6. The van der Waals surface area contributed by atoms with Gasteiger partial charge < -0.3 is 10.1 Å². The first-order chi connectivity index (χ1) is 13.4. The van der Waals surface area contributed by atoms with Crippen LogP contribution in [0, 0.1) is 5.92 Å². The van der Waals surface area contributed by atoms with Gasteiger partial charge in [-0.1, -0.05) is 49.7 Å². The van der Waals surface area contributed by atoms with E-state index in [1.807, 2.05) is 38.1 Å². The normalized spacial score (nSPS) is 12.0. The van der Waals surface area contributed by atoms with E-state index in [-0.39, 0.29) is 17.6 Å². The van der Waals surface area contributed by atoms with E-state index in [0.29, 0.717) is 22.0 Å². The van der Waals surface area contributed by atoms with Crippen molar-refractivity contribution in [3.63, 3.8) is 0 Å². The number of halogens is 1. The van der Waals surface area contributed by atoms with Gasteiger partial charge >= 0.3 is 0 Å². The summed E-state index contributed by atoms with van der Waals surface area (Å²) in [6.45, 7) is 5.37. The summed E-state index contributed by atoms with van der Waals surface area (Å²) in [6.07, 6.45) is -0.666. The van der Waals surface area contributed by atoms with Crippen molar-refractivity contribution in [2.75, 3.05) is 5.32 Å². The Bertz CT molecular complexity index is 1010. The molecule has 3 rings (SSSR count). The third-order valence-electron chi connectivity index (χ3n) is 4.47. The highest BCUT2D eigenvalue weighted by molar-refractivity contribution is 6.35. The molecule has 0 aromatic heterocycles. The molecule has 1 N–H and O–H groups in total. The Balaban J connectivity index is 1.75. The Morgan fingerprint density at radius 2 is 1.54 bits per heavy atom. The highest BCUT2D eigenvalue weighted by atomic mass is 35.5. The molecule has 1 unspecified atom stereocenters. The summed E-state index contributed by atoms with van der Waals surface area (Å²) in [4.78, 5) is 24.5. The third kappa shape index (κ3) is 4.34. The van der Waals surface area contributed by atoms with Crippen LogP contribution in [0.4, 0.5) is 5.69 Å². The number of Topliss-reactive ketones (excluding diaryl/α,β-unsaturated/α-hetero) is 1. The second-order valence-corrected chi connectivity index (χ2v) is 7.34. The molecule has 0 fully saturated rings. The van der Waals surface area contributed by atoms with Crippen molar-refractivity contribution in [3.05, 3.63) is 71.2 Å². The van der Waals surface area contributed by atoms with Gasteiger partial charge in [-0.2, -0.15) is 0 Å². The Morgan fingerprint density at radius 3 is 2.18 bits per heavy atom. The van der Waals surface area contributed by atoms with Crippen LogP contribution in [0.1, 0.15) is 31.1 Å². The minimum atomic E-state index is -0.666. The number of carbonyl (C=O) groups excluding carboxylic acids is 2. The lowest BCUT2D eigenvalue weighted by Gasteiger charge is -2.16. The van der Waals surface area contributed by atoms with Gasteiger partial charge in [-0.05, 0) is 43.3 Å². The SMILES string of the molecule is CC(C)C(=O)Nc1ccc(C(=O)C(C)Oc2ccc(Cl)c3ccccc23)cc1. The van der Waals surface area contributed by atoms with Gasteiger partial charge in [0.15, 0.2) is 6.10 Å². The second kappa shape index (κ2) is 8.44. The van der Waals surface area contributed by atoms with Gasteiger partial charge in [0.2, 0.25) is 11.7 Å². The van der Waals surface area contributed by atoms with Gasteiger partial charge in [-0.15, -0.1) is 0 Å². The highest BCUT2D eigenvalue weighted by Gasteiger charge is 2.18. The van der Waals surface area contributed by atoms with E-state index in [2.05, 4.69) is 5.32 Å². The number of hydrogen-bond acceptors (Lipinski definition) is 3. The fourth-order valence-electron chi connectivity index (χ4n) is 2.82. The predicted octanol–water partition coefficient (Wildman–Crippen LogP) is 5.74. The van der Waals surface area contributed by atoms with Crippen LogP contribution >= 0.6 is 11.6 Å². The number of ketones is 1. The van der Waals surface area contributed by atoms with Crippen molar-refractivity contribution >= 4 is 39.8 Å². The second-order valence-electron chi connectivity index (χ2n) is 6.94. The molecule has 0 aliphatic carbocycles. The predicted molar refractivity (Wildman–Crippen MR) is 113 cm³/mol. The molecule has 3 aromatic carbocycles. The number of benzene rings is 3. The molecule has 1 amide bonds. The average Bonchev–Trinajstić information content (AvgIpc) is 2.70. The van der Waals surface area contributed by atoms with E-state index in [0.717, 1.165) is 10.8 Å². The summed E-state index contributed by atoms with van der Waals surface area (Å²) in [7, 11) is 0. The first-order valence-electron chi connectivity index (χ1n) is 9.16. The van der Waals surface area contributed by atoms with Gasteiger partial charge in [0.25, 0.3) is 0 Å². The molecule has 1 atom stereocenters. The van der Waals surface area contributed by atoms with Crippen LogP contribution in [0.15, 0.2) is 60.7 Å². The lowest BCUT2D eigenvalue weighted by atomic mass is 10.1. The standard InChI is InChI=1S/C23H22ClNO3/c1-14(2)23(27)25-17-10-8-16(9-11-17)22(26)15(3)28-21-13-12-20(24)18-6-4-5-7-19(18)21/h4-15H,1-3H3,(H,25,27). The molecule has 144 valence electrons. The average molecular weight is 396 g/mol. The van der Waals surface area contributed by atoms with Crippen LogP contribution in [0.25, 0.3) is 10.8 Å². The van der Waals surface area contributed by atoms with Crippen LogP contribution in [-0.4, -0.2) is 17.8 Å². The molecule has 28 heavy (non-hydrogen) atoms. The van der Waals surface area contributed by atoms with Gasteiger partial charge in [0, 0.05) is 33.0 Å². The number of anilines is 1. The maximum Gasteiger partial charge on any atom is 0.226 e. The molecule has 0 aliphatic rings. The molecular formula is C23H22ClNO3. The first-order valence-corrected chi connectivity index (χ1v) is 9.53. The van der Waals surface area contributed by atoms with E-state index >= 15 is 0 Å². The summed E-state index contributed by atoms with van der Waals surface area (Å²) in [5.74, 6) is 0.303. The monoisotopic (exact) mass is 395 g/mol. The summed E-state index contributed by atoms with van der Waals surface area (Å²) in [6, 6.07) is 18.0. The third-order valence-corrected chi connectivity index (χ3v) is 4.79. The van der Waals surface area contributed by atoms with Crippen LogP contribution in [0.3, 0.4) is 0 Å². The molecule has 0 heterocycles. The fourth-order valence-corrected chi connectivity index (χ4v) is 3.05. The van der Waals surface area contributed by atoms with Gasteiger partial charge in [0.1, 0.15) is 5.75 Å². The van der Waals surface area contributed by atoms with Crippen LogP contribution in [-0.2, 0) is 4.79 Å². The van der Waals surface area contributed by atoms with E-state index in [4.69, 9.17) is 16.3 Å². The molecule has 0 bridgehead atoms. The molecule has 3 aromatic rings. The van der Waals surface area contributed by atoms with Gasteiger partial charge in [0.05, 0.1) is 0 Å². The van der Waals surface area contributed by atoms with Crippen LogP contribution < -0.4 is 10.1 Å². The largest absolute Gasteiger partial charge is 0.482 e. The Kier molecular flexibility index (Phi) is 6.00. The zero-order valence-corrected chi connectivity index (χ0v) is 16.8. The van der Waals surface area contributed by atoms with Crippen molar-refractivity contribution in [1.29, 1.82) is 0 Å². The van der Waals surface area contributed by atoms with E-state index in [9.17, 15) is 9.59 Å². The Labute approximate surface area is 169 Å².